The maximum atomic E-state index is 2.44. The molecule has 0 fully saturated rings. The molecule has 0 aromatic heterocycles. The van der Waals surface area contributed by atoms with Crippen molar-refractivity contribution in [2.75, 3.05) is 0 Å². The molecule has 0 radical (unpaired) electrons. The molecule has 0 bridgehead atoms. The summed E-state index contributed by atoms with van der Waals surface area (Å²) in [5, 5.41) is 17.1. The Morgan fingerprint density at radius 2 is 0.566 bits per heavy atom. The highest BCUT2D eigenvalue weighted by molar-refractivity contribution is 6.25. The molecule has 12 aliphatic rings. The highest BCUT2D eigenvalue weighted by Crippen LogP contribution is 2.57. The Bertz CT molecular complexity index is 5990. The van der Waals surface area contributed by atoms with Gasteiger partial charge in [0.05, 0.1) is 0 Å². The summed E-state index contributed by atoms with van der Waals surface area (Å²) in [4.78, 5) is 0. The molecule has 0 spiro atoms. The van der Waals surface area contributed by atoms with Crippen molar-refractivity contribution in [2.45, 2.75) is 389 Å². The van der Waals surface area contributed by atoms with Gasteiger partial charge >= 0.3 is 0 Å². The van der Waals surface area contributed by atoms with Gasteiger partial charge in [-0.1, -0.05) is 636 Å². The van der Waals surface area contributed by atoms with E-state index in [1.54, 1.807) is 22.3 Å². The van der Waals surface area contributed by atoms with E-state index < -0.39 is 0 Å². The van der Waals surface area contributed by atoms with Crippen LogP contribution in [-0.2, 0) is 19.3 Å². The van der Waals surface area contributed by atoms with E-state index in [1.165, 1.54) is 177 Å². The van der Waals surface area contributed by atoms with Crippen molar-refractivity contribution in [3.05, 3.63) is 385 Å². The molecular weight excluding hydrogens is 1720 g/mol. The van der Waals surface area contributed by atoms with Gasteiger partial charge in [0.15, 0.2) is 0 Å². The first-order valence-electron chi connectivity index (χ1n) is 56.9. The van der Waals surface area contributed by atoms with Gasteiger partial charge in [-0.15, -0.1) is 0 Å². The van der Waals surface area contributed by atoms with E-state index in [0.29, 0.717) is 29.6 Å². The molecule has 12 aliphatic carbocycles. The molecule has 0 amide bonds. The van der Waals surface area contributed by atoms with E-state index in [2.05, 4.69) is 310 Å². The quantitative estimate of drug-likeness (QED) is 0.133. The molecule has 13 aromatic carbocycles. The van der Waals surface area contributed by atoms with Gasteiger partial charge in [-0.3, -0.25) is 0 Å². The van der Waals surface area contributed by atoms with Gasteiger partial charge < -0.3 is 0 Å². The molecule has 0 heteroatoms. The molecular formula is C143H210. The Morgan fingerprint density at radius 3 is 1.08 bits per heavy atom. The Balaban J connectivity index is -0.000000507. The summed E-state index contributed by atoms with van der Waals surface area (Å²) < 4.78 is 0. The van der Waals surface area contributed by atoms with Crippen LogP contribution in [0.5, 0.6) is 0 Å². The number of allylic oxidation sites excluding steroid dienone is 15. The van der Waals surface area contributed by atoms with E-state index >= 15 is 0 Å². The third-order valence-electron chi connectivity index (χ3n) is 23.3. The minimum atomic E-state index is 0. The van der Waals surface area contributed by atoms with Gasteiger partial charge in [-0.25, -0.2) is 0 Å². The second-order valence-corrected chi connectivity index (χ2v) is 28.0. The zero-order valence-electron chi connectivity index (χ0n) is 97.4. The van der Waals surface area contributed by atoms with Crippen LogP contribution in [0.2, 0.25) is 0 Å². The average Bonchev–Trinajstić information content (AvgIpc) is 0.939. The van der Waals surface area contributed by atoms with E-state index in [1.807, 2.05) is 305 Å². The first kappa shape index (κ1) is 140. The van der Waals surface area contributed by atoms with E-state index in [4.69, 9.17) is 0 Å². The Labute approximate surface area is 884 Å². The Morgan fingerprint density at radius 1 is 0.210 bits per heavy atom. The maximum Gasteiger partial charge on any atom is 0.0358 e. The fraction of sp³-hybridized carbons (Fsp3) is 0.399. The van der Waals surface area contributed by atoms with Crippen LogP contribution in [0.4, 0.5) is 0 Å². The largest absolute Gasteiger partial charge is 0.0830 e. The summed E-state index contributed by atoms with van der Waals surface area (Å²) in [6.07, 6.45) is 44.5. The second-order valence-electron chi connectivity index (χ2n) is 28.0. The summed E-state index contributed by atoms with van der Waals surface area (Å²) in [5.74, 6) is 2.54. The lowest BCUT2D eigenvalue weighted by Gasteiger charge is -2.37. The standard InChI is InChI=1S/C24H14.C22H14.C20H14.C18H14.C12H10.22C2H6.3CH4/c1-2-14-5-6-16-9-11-18-12-10-17-8-7-15-4-3-13(1)19-20(14)22(16)24(18)23(17)21(15)19;1-3-13-7-9-15-11-12-16-10-8-14-4-2-6-18-17(5-1)19(13)21(15)22(16)20(14)18;1-5-13-6-2-11-17-18-12-4-8-14-7-3-10-16(20(14)18)15(9-1)19(13)17;1-3-7-15-13(5-1)9-11-18-16-8-4-2-6-14(16)10-12-17(15)18;1-3-9-4-2-6-11-8-7-10(5-1)12(9)11;22*1-2;;;/h1-11,23H,12H2;1-11,21H,12H2;1-11,18H,12H2;1-11,16H,12H2;1-5,7-8,11H,6H2;22*1-2H3;3*1H4. The summed E-state index contributed by atoms with van der Waals surface area (Å²) in [7, 11) is 0. The maximum absolute atomic E-state index is 2.44. The van der Waals surface area contributed by atoms with Crippen LogP contribution in [-0.4, -0.2) is 0 Å². The van der Waals surface area contributed by atoms with Crippen LogP contribution in [0, 0.1) is 0 Å². The lowest BCUT2D eigenvalue weighted by molar-refractivity contribution is 0.824. The minimum Gasteiger partial charge on any atom is -0.0830 e. The van der Waals surface area contributed by atoms with E-state index in [9.17, 15) is 0 Å². The van der Waals surface area contributed by atoms with Crippen molar-refractivity contribution in [3.8, 4) is 22.3 Å². The van der Waals surface area contributed by atoms with Crippen molar-refractivity contribution in [3.63, 3.8) is 0 Å². The first-order chi connectivity index (χ1) is 69.6. The molecule has 13 aromatic rings. The molecule has 5 unspecified atom stereocenters. The van der Waals surface area contributed by atoms with Crippen LogP contribution in [0.25, 0.3) is 117 Å². The summed E-state index contributed by atoms with van der Waals surface area (Å²) in [6, 6.07) is 76.5. The SMILES string of the molecule is C.C.C.C1=CC2=CCc3c(ccc4ccccc34)C2C=C1.C1=Cc2ccc3ccc4ccc5ccc6c7c5c4c3c2C7C1=CC6.C1=Cc2cccc3c2C(C1)c1cccc2cccc-3c12.C1=Cc2cccc3c2C(C=C3)C1.C1=Cc2cccc3c2C2C1=CCc1ccc4cccc-3c4c12.CC.CC.CC.CC.CC.CC.CC.CC.CC.CC.CC.CC.CC.CC.CC.CC.CC.CC.CC.CC.CC.CC. The van der Waals surface area contributed by atoms with Crippen LogP contribution >= 0.6 is 0 Å². The van der Waals surface area contributed by atoms with Gasteiger partial charge in [0.2, 0.25) is 0 Å². The first-order valence-corrected chi connectivity index (χ1v) is 56.9. The zero-order valence-corrected chi connectivity index (χ0v) is 97.4. The lowest BCUT2D eigenvalue weighted by Crippen LogP contribution is -2.19. The smallest absolute Gasteiger partial charge is 0.0358 e. The summed E-state index contributed by atoms with van der Waals surface area (Å²) in [5.41, 5.74) is 33.9. The summed E-state index contributed by atoms with van der Waals surface area (Å²) in [6.45, 7) is 88.0. The average molecular weight is 1930 g/mol. The van der Waals surface area contributed by atoms with Crippen molar-refractivity contribution in [2.24, 2.45) is 0 Å². The van der Waals surface area contributed by atoms with Crippen molar-refractivity contribution < 1.29 is 0 Å². The minimum absolute atomic E-state index is 0. The Hall–Kier alpha value is -11.2. The monoisotopic (exact) mass is 1930 g/mol. The van der Waals surface area contributed by atoms with Gasteiger partial charge in [0.25, 0.3) is 0 Å². The van der Waals surface area contributed by atoms with Crippen LogP contribution in [0.1, 0.15) is 458 Å². The highest BCUT2D eigenvalue weighted by Gasteiger charge is 2.38. The number of rotatable bonds is 0. The van der Waals surface area contributed by atoms with Crippen LogP contribution in [0.3, 0.4) is 0 Å². The molecule has 782 valence electrons. The predicted molar refractivity (Wildman–Crippen MR) is 677 cm³/mol. The van der Waals surface area contributed by atoms with Gasteiger partial charge in [-0.05, 0) is 225 Å². The predicted octanol–water partition coefficient (Wildman–Crippen LogP) is 49.2. The fourth-order valence-electron chi connectivity index (χ4n) is 19.2. The number of benzene rings is 13. The Kier molecular flexibility index (Phi) is 79.6. The molecule has 5 atom stereocenters. The molecule has 25 rings (SSSR count). The third kappa shape index (κ3) is 31.4. The van der Waals surface area contributed by atoms with E-state index in [-0.39, 0.29) is 22.3 Å². The lowest BCUT2D eigenvalue weighted by atomic mass is 9.66. The third-order valence-corrected chi connectivity index (χ3v) is 23.3. The molecule has 0 saturated heterocycles. The molecule has 0 nitrogen and oxygen atoms in total. The van der Waals surface area contributed by atoms with Crippen molar-refractivity contribution in [1.29, 1.82) is 0 Å². The number of hydrogen-bond donors (Lipinski definition) is 0. The topological polar surface area (TPSA) is 0 Å². The molecule has 143 heavy (non-hydrogen) atoms. The van der Waals surface area contributed by atoms with Crippen molar-refractivity contribution >= 4 is 95.0 Å². The normalized spacial score (nSPS) is 14.1. The fourth-order valence-corrected chi connectivity index (χ4v) is 19.2. The van der Waals surface area contributed by atoms with Crippen LogP contribution in [0.15, 0.2) is 296 Å². The van der Waals surface area contributed by atoms with Crippen molar-refractivity contribution in [1.82, 2.24) is 0 Å². The van der Waals surface area contributed by atoms with Gasteiger partial charge in [-0.2, -0.15) is 0 Å². The summed E-state index contributed by atoms with van der Waals surface area (Å²) >= 11 is 0. The number of hydrogen-bond acceptors (Lipinski definition) is 0. The van der Waals surface area contributed by atoms with Gasteiger partial charge in [0, 0.05) is 29.6 Å². The molecule has 0 aliphatic heterocycles. The van der Waals surface area contributed by atoms with Gasteiger partial charge in [0.1, 0.15) is 0 Å². The van der Waals surface area contributed by atoms with E-state index in [0.717, 1.165) is 25.7 Å². The van der Waals surface area contributed by atoms with Crippen LogP contribution < -0.4 is 0 Å². The zero-order chi connectivity index (χ0) is 107. The molecule has 0 N–H and O–H groups in total. The second kappa shape index (κ2) is 81.2. The highest BCUT2D eigenvalue weighted by atomic mass is 14.4. The number of fused-ring (bicyclic) bond motifs is 8. The molecule has 0 saturated carbocycles. The molecule has 0 heterocycles.